The maximum Gasteiger partial charge on any atom is 0.0990 e. The standard InChI is InChI=1S/C9H13NO2S/c1-7-9(11,2-4-12-7)6-8-10-3-5-13-8/h3,5,7,11H,2,4,6H2,1H3. The molecular formula is C9H13NO2S. The molecule has 13 heavy (non-hydrogen) atoms. The summed E-state index contributed by atoms with van der Waals surface area (Å²) in [6, 6.07) is 0. The molecule has 1 aromatic rings. The first-order chi connectivity index (χ1) is 6.21. The Morgan fingerprint density at radius 2 is 2.69 bits per heavy atom. The van der Waals surface area contributed by atoms with Gasteiger partial charge in [-0.2, -0.15) is 0 Å². The molecule has 0 spiro atoms. The van der Waals surface area contributed by atoms with Gasteiger partial charge in [-0.15, -0.1) is 11.3 Å². The molecule has 0 aromatic carbocycles. The molecule has 0 aliphatic carbocycles. The van der Waals surface area contributed by atoms with Crippen LogP contribution in [0.3, 0.4) is 0 Å². The average molecular weight is 199 g/mol. The van der Waals surface area contributed by atoms with Crippen LogP contribution in [0.1, 0.15) is 18.4 Å². The van der Waals surface area contributed by atoms with Crippen molar-refractivity contribution in [2.75, 3.05) is 6.61 Å². The van der Waals surface area contributed by atoms with E-state index in [1.807, 2.05) is 12.3 Å². The normalized spacial score (nSPS) is 33.8. The van der Waals surface area contributed by atoms with Crippen LogP contribution >= 0.6 is 11.3 Å². The van der Waals surface area contributed by atoms with Crippen molar-refractivity contribution in [2.45, 2.75) is 31.5 Å². The van der Waals surface area contributed by atoms with Crippen LogP contribution in [0.15, 0.2) is 11.6 Å². The molecule has 1 aromatic heterocycles. The summed E-state index contributed by atoms with van der Waals surface area (Å²) in [5, 5.41) is 13.1. The van der Waals surface area contributed by atoms with Crippen LogP contribution in [-0.4, -0.2) is 28.4 Å². The largest absolute Gasteiger partial charge is 0.387 e. The van der Waals surface area contributed by atoms with E-state index in [0.717, 1.165) is 5.01 Å². The summed E-state index contributed by atoms with van der Waals surface area (Å²) in [6.45, 7) is 2.57. The lowest BCUT2D eigenvalue weighted by molar-refractivity contribution is -0.0269. The van der Waals surface area contributed by atoms with E-state index in [0.29, 0.717) is 19.4 Å². The molecule has 3 nitrogen and oxygen atoms in total. The van der Waals surface area contributed by atoms with Crippen LogP contribution in [0.25, 0.3) is 0 Å². The van der Waals surface area contributed by atoms with Gasteiger partial charge in [0.1, 0.15) is 0 Å². The van der Waals surface area contributed by atoms with Gasteiger partial charge < -0.3 is 9.84 Å². The average Bonchev–Trinajstić information content (AvgIpc) is 2.65. The predicted octanol–water partition coefficient (Wildman–Crippen LogP) is 1.23. The van der Waals surface area contributed by atoms with E-state index < -0.39 is 5.60 Å². The maximum atomic E-state index is 10.2. The van der Waals surface area contributed by atoms with Crippen molar-refractivity contribution in [2.24, 2.45) is 0 Å². The van der Waals surface area contributed by atoms with Gasteiger partial charge in [-0.1, -0.05) is 0 Å². The highest BCUT2D eigenvalue weighted by atomic mass is 32.1. The van der Waals surface area contributed by atoms with Crippen LogP contribution in [0.5, 0.6) is 0 Å². The molecule has 0 amide bonds. The molecule has 0 radical (unpaired) electrons. The van der Waals surface area contributed by atoms with Crippen molar-refractivity contribution in [3.8, 4) is 0 Å². The Morgan fingerprint density at radius 3 is 3.23 bits per heavy atom. The van der Waals surface area contributed by atoms with Gasteiger partial charge in [-0.05, 0) is 6.92 Å². The third-order valence-corrected chi connectivity index (χ3v) is 3.38. The van der Waals surface area contributed by atoms with Crippen LogP contribution in [0.2, 0.25) is 0 Å². The predicted molar refractivity (Wildman–Crippen MR) is 50.8 cm³/mol. The number of thiazole rings is 1. The number of hydrogen-bond donors (Lipinski definition) is 1. The second kappa shape index (κ2) is 3.36. The van der Waals surface area contributed by atoms with E-state index in [9.17, 15) is 5.11 Å². The van der Waals surface area contributed by atoms with Crippen LogP contribution in [0, 0.1) is 0 Å². The lowest BCUT2D eigenvalue weighted by Gasteiger charge is -2.24. The summed E-state index contributed by atoms with van der Waals surface area (Å²) < 4.78 is 5.34. The van der Waals surface area contributed by atoms with Gasteiger partial charge >= 0.3 is 0 Å². The molecule has 0 saturated carbocycles. The highest BCUT2D eigenvalue weighted by molar-refractivity contribution is 7.09. The molecule has 2 atom stereocenters. The third kappa shape index (κ3) is 1.75. The molecule has 1 aliphatic rings. The Bertz CT molecular complexity index is 275. The smallest absolute Gasteiger partial charge is 0.0990 e. The quantitative estimate of drug-likeness (QED) is 0.779. The lowest BCUT2D eigenvalue weighted by Crippen LogP contribution is -2.38. The minimum absolute atomic E-state index is 0.0728. The zero-order valence-electron chi connectivity index (χ0n) is 7.56. The zero-order chi connectivity index (χ0) is 9.31. The number of ether oxygens (including phenoxy) is 1. The number of aromatic nitrogens is 1. The summed E-state index contributed by atoms with van der Waals surface area (Å²) in [4.78, 5) is 4.16. The van der Waals surface area contributed by atoms with Gasteiger partial charge in [0.05, 0.1) is 16.7 Å². The molecule has 72 valence electrons. The second-order valence-electron chi connectivity index (χ2n) is 3.47. The topological polar surface area (TPSA) is 42.4 Å². The number of rotatable bonds is 2. The maximum absolute atomic E-state index is 10.2. The molecule has 0 bridgehead atoms. The summed E-state index contributed by atoms with van der Waals surface area (Å²) in [5.74, 6) is 0. The van der Waals surface area contributed by atoms with Crippen molar-refractivity contribution < 1.29 is 9.84 Å². The Labute approximate surface area is 81.4 Å². The summed E-state index contributed by atoms with van der Waals surface area (Å²) in [7, 11) is 0. The number of hydrogen-bond acceptors (Lipinski definition) is 4. The SMILES string of the molecule is CC1OCCC1(O)Cc1nccs1. The van der Waals surface area contributed by atoms with Crippen LogP contribution < -0.4 is 0 Å². The van der Waals surface area contributed by atoms with Crippen molar-refractivity contribution in [3.63, 3.8) is 0 Å². The Morgan fingerprint density at radius 1 is 1.85 bits per heavy atom. The van der Waals surface area contributed by atoms with Crippen molar-refractivity contribution in [1.29, 1.82) is 0 Å². The van der Waals surface area contributed by atoms with Crippen molar-refractivity contribution >= 4 is 11.3 Å². The van der Waals surface area contributed by atoms with E-state index in [4.69, 9.17) is 4.74 Å². The fraction of sp³-hybridized carbons (Fsp3) is 0.667. The Balaban J connectivity index is 2.08. The molecule has 1 saturated heterocycles. The molecule has 4 heteroatoms. The fourth-order valence-corrected chi connectivity index (χ4v) is 2.34. The van der Waals surface area contributed by atoms with Gasteiger partial charge in [-0.3, -0.25) is 0 Å². The molecule has 2 heterocycles. The van der Waals surface area contributed by atoms with E-state index in [1.165, 1.54) is 0 Å². The Hall–Kier alpha value is -0.450. The molecule has 1 aliphatic heterocycles. The minimum Gasteiger partial charge on any atom is -0.387 e. The van der Waals surface area contributed by atoms with E-state index in [-0.39, 0.29) is 6.10 Å². The molecule has 2 unspecified atom stereocenters. The van der Waals surface area contributed by atoms with E-state index in [1.54, 1.807) is 17.5 Å². The van der Waals surface area contributed by atoms with Gasteiger partial charge in [0.15, 0.2) is 0 Å². The van der Waals surface area contributed by atoms with E-state index in [2.05, 4.69) is 4.98 Å². The summed E-state index contributed by atoms with van der Waals surface area (Å²) >= 11 is 1.58. The van der Waals surface area contributed by atoms with Gasteiger partial charge in [0.25, 0.3) is 0 Å². The molecule has 2 rings (SSSR count). The fourth-order valence-electron chi connectivity index (χ4n) is 1.61. The van der Waals surface area contributed by atoms with Gasteiger partial charge in [0, 0.05) is 31.0 Å². The number of nitrogens with zero attached hydrogens (tertiary/aromatic N) is 1. The third-order valence-electron chi connectivity index (χ3n) is 2.60. The summed E-state index contributed by atoms with van der Waals surface area (Å²) in [5.41, 5.74) is -0.697. The van der Waals surface area contributed by atoms with Crippen LogP contribution in [-0.2, 0) is 11.2 Å². The first kappa shape index (κ1) is 9.12. The van der Waals surface area contributed by atoms with Crippen LogP contribution in [0.4, 0.5) is 0 Å². The number of aliphatic hydroxyl groups is 1. The molecular weight excluding hydrogens is 186 g/mol. The second-order valence-corrected chi connectivity index (χ2v) is 4.45. The van der Waals surface area contributed by atoms with E-state index >= 15 is 0 Å². The molecule has 1 N–H and O–H groups in total. The van der Waals surface area contributed by atoms with Crippen molar-refractivity contribution in [3.05, 3.63) is 16.6 Å². The zero-order valence-corrected chi connectivity index (χ0v) is 8.38. The molecule has 1 fully saturated rings. The van der Waals surface area contributed by atoms with Crippen molar-refractivity contribution in [1.82, 2.24) is 4.98 Å². The minimum atomic E-state index is -0.697. The first-order valence-electron chi connectivity index (χ1n) is 4.43. The summed E-state index contributed by atoms with van der Waals surface area (Å²) in [6.07, 6.45) is 3.03. The Kier molecular flexibility index (Phi) is 2.36. The highest BCUT2D eigenvalue weighted by Crippen LogP contribution is 2.29. The highest BCUT2D eigenvalue weighted by Gasteiger charge is 2.40. The monoisotopic (exact) mass is 199 g/mol. The van der Waals surface area contributed by atoms with Gasteiger partial charge in [0.2, 0.25) is 0 Å². The first-order valence-corrected chi connectivity index (χ1v) is 5.31. The van der Waals surface area contributed by atoms with Gasteiger partial charge in [-0.25, -0.2) is 4.98 Å². The lowest BCUT2D eigenvalue weighted by atomic mass is 9.93.